The summed E-state index contributed by atoms with van der Waals surface area (Å²) in [5, 5.41) is 2.26. The number of hydrogen-bond donors (Lipinski definition) is 0. The van der Waals surface area contributed by atoms with Crippen LogP contribution in [0.2, 0.25) is 0 Å². The maximum Gasteiger partial charge on any atom is 0.136 e. The minimum absolute atomic E-state index is 0.909. The number of fused-ring (bicyclic) bond motifs is 3. The van der Waals surface area contributed by atoms with E-state index in [2.05, 4.69) is 37.9 Å². The van der Waals surface area contributed by atoms with Crippen LogP contribution in [0.15, 0.2) is 49.8 Å². The Balaban J connectivity index is 2.63. The summed E-state index contributed by atoms with van der Waals surface area (Å²) >= 11 is 7.07. The Kier molecular flexibility index (Phi) is 2.11. The Hall–Kier alpha value is -0.800. The molecule has 15 heavy (non-hydrogen) atoms. The minimum atomic E-state index is 0.909. The normalized spacial score (nSPS) is 11.3. The van der Waals surface area contributed by atoms with Crippen LogP contribution in [0.1, 0.15) is 0 Å². The van der Waals surface area contributed by atoms with Gasteiger partial charge < -0.3 is 4.42 Å². The first-order valence-corrected chi connectivity index (χ1v) is 6.11. The molecule has 0 fully saturated rings. The second-order valence-electron chi connectivity index (χ2n) is 3.33. The number of hydrogen-bond acceptors (Lipinski definition) is 1. The molecule has 3 aromatic rings. The fourth-order valence-electron chi connectivity index (χ4n) is 1.75. The quantitative estimate of drug-likeness (QED) is 0.559. The van der Waals surface area contributed by atoms with Crippen LogP contribution in [-0.4, -0.2) is 0 Å². The molecule has 3 rings (SSSR count). The van der Waals surface area contributed by atoms with Crippen molar-refractivity contribution in [1.29, 1.82) is 0 Å². The number of furan rings is 1. The maximum absolute atomic E-state index is 5.74. The predicted octanol–water partition coefficient (Wildman–Crippen LogP) is 5.11. The first-order valence-electron chi connectivity index (χ1n) is 4.52. The van der Waals surface area contributed by atoms with Crippen molar-refractivity contribution in [2.24, 2.45) is 0 Å². The van der Waals surface area contributed by atoms with E-state index in [4.69, 9.17) is 4.42 Å². The lowest BCUT2D eigenvalue weighted by molar-refractivity contribution is 0.669. The van der Waals surface area contributed by atoms with Gasteiger partial charge in [0.05, 0.1) is 0 Å². The summed E-state index contributed by atoms with van der Waals surface area (Å²) in [6.45, 7) is 0. The van der Waals surface area contributed by atoms with Gasteiger partial charge in [-0.25, -0.2) is 0 Å². The van der Waals surface area contributed by atoms with Gasteiger partial charge in [-0.05, 0) is 50.1 Å². The molecule has 1 aromatic heterocycles. The van der Waals surface area contributed by atoms with Gasteiger partial charge in [0.1, 0.15) is 11.2 Å². The van der Waals surface area contributed by atoms with Gasteiger partial charge in [-0.15, -0.1) is 0 Å². The van der Waals surface area contributed by atoms with Crippen LogP contribution >= 0.6 is 31.9 Å². The molecule has 0 radical (unpaired) electrons. The summed E-state index contributed by atoms with van der Waals surface area (Å²) in [5.74, 6) is 0. The Bertz CT molecular complexity index is 655. The van der Waals surface area contributed by atoms with Gasteiger partial charge in [-0.1, -0.05) is 18.2 Å². The van der Waals surface area contributed by atoms with E-state index in [1.165, 1.54) is 0 Å². The van der Waals surface area contributed by atoms with Crippen LogP contribution in [-0.2, 0) is 0 Å². The molecular weight excluding hydrogens is 320 g/mol. The summed E-state index contributed by atoms with van der Waals surface area (Å²) in [7, 11) is 0. The fourth-order valence-corrected chi connectivity index (χ4v) is 2.62. The average molecular weight is 326 g/mol. The Labute approximate surface area is 103 Å². The second kappa shape index (κ2) is 3.35. The highest BCUT2D eigenvalue weighted by molar-refractivity contribution is 9.13. The molecule has 0 amide bonds. The largest absolute Gasteiger partial charge is 0.456 e. The van der Waals surface area contributed by atoms with Crippen LogP contribution in [0.4, 0.5) is 0 Å². The van der Waals surface area contributed by atoms with Crippen molar-refractivity contribution in [3.05, 3.63) is 45.3 Å². The third-order valence-corrected chi connectivity index (χ3v) is 4.45. The molecule has 74 valence electrons. The average Bonchev–Trinajstić information content (AvgIpc) is 2.62. The van der Waals surface area contributed by atoms with Gasteiger partial charge in [0, 0.05) is 19.7 Å². The molecule has 0 unspecified atom stereocenters. The van der Waals surface area contributed by atoms with E-state index in [0.29, 0.717) is 0 Å². The van der Waals surface area contributed by atoms with E-state index in [9.17, 15) is 0 Å². The maximum atomic E-state index is 5.74. The highest BCUT2D eigenvalue weighted by Gasteiger charge is 2.10. The molecule has 0 spiro atoms. The van der Waals surface area contributed by atoms with Gasteiger partial charge in [-0.2, -0.15) is 0 Å². The zero-order valence-corrected chi connectivity index (χ0v) is 10.8. The Morgan fingerprint density at radius 2 is 1.67 bits per heavy atom. The lowest BCUT2D eigenvalue weighted by Crippen LogP contribution is -1.71. The summed E-state index contributed by atoms with van der Waals surface area (Å²) in [6, 6.07) is 12.0. The first-order chi connectivity index (χ1) is 7.27. The highest BCUT2D eigenvalue weighted by Crippen LogP contribution is 2.37. The molecule has 0 aliphatic heterocycles. The SMILES string of the molecule is Brc1ccc2oc3ccccc3c2c1Br. The Morgan fingerprint density at radius 3 is 2.53 bits per heavy atom. The van der Waals surface area contributed by atoms with Gasteiger partial charge in [0.15, 0.2) is 0 Å². The first kappa shape index (κ1) is 9.43. The van der Waals surface area contributed by atoms with E-state index in [1.54, 1.807) is 0 Å². The van der Waals surface area contributed by atoms with Crippen molar-refractivity contribution in [2.75, 3.05) is 0 Å². The van der Waals surface area contributed by atoms with Crippen molar-refractivity contribution in [1.82, 2.24) is 0 Å². The van der Waals surface area contributed by atoms with Crippen LogP contribution in [0, 0.1) is 0 Å². The zero-order valence-electron chi connectivity index (χ0n) is 7.63. The van der Waals surface area contributed by atoms with Crippen LogP contribution in [0.5, 0.6) is 0 Å². The van der Waals surface area contributed by atoms with Crippen molar-refractivity contribution in [3.8, 4) is 0 Å². The molecule has 3 heteroatoms. The summed E-state index contributed by atoms with van der Waals surface area (Å²) in [5.41, 5.74) is 1.83. The Morgan fingerprint density at radius 1 is 0.867 bits per heavy atom. The molecule has 0 N–H and O–H groups in total. The predicted molar refractivity (Wildman–Crippen MR) is 69.1 cm³/mol. The molecule has 0 atom stereocenters. The van der Waals surface area contributed by atoms with Gasteiger partial charge >= 0.3 is 0 Å². The highest BCUT2D eigenvalue weighted by atomic mass is 79.9. The third kappa shape index (κ3) is 1.34. The van der Waals surface area contributed by atoms with E-state index >= 15 is 0 Å². The minimum Gasteiger partial charge on any atom is -0.456 e. The fraction of sp³-hybridized carbons (Fsp3) is 0. The zero-order chi connectivity index (χ0) is 10.4. The topological polar surface area (TPSA) is 13.1 Å². The van der Waals surface area contributed by atoms with E-state index in [1.807, 2.05) is 30.3 Å². The lowest BCUT2D eigenvalue weighted by atomic mass is 10.2. The van der Waals surface area contributed by atoms with Crippen LogP contribution < -0.4 is 0 Å². The van der Waals surface area contributed by atoms with Crippen molar-refractivity contribution in [2.45, 2.75) is 0 Å². The van der Waals surface area contributed by atoms with E-state index in [-0.39, 0.29) is 0 Å². The molecule has 0 bridgehead atoms. The van der Waals surface area contributed by atoms with Crippen LogP contribution in [0.3, 0.4) is 0 Å². The molecule has 0 saturated carbocycles. The van der Waals surface area contributed by atoms with E-state index in [0.717, 1.165) is 30.9 Å². The summed E-state index contributed by atoms with van der Waals surface area (Å²) in [4.78, 5) is 0. The van der Waals surface area contributed by atoms with Gasteiger partial charge in [-0.3, -0.25) is 0 Å². The van der Waals surface area contributed by atoms with Gasteiger partial charge in [0.25, 0.3) is 0 Å². The monoisotopic (exact) mass is 324 g/mol. The molecule has 0 aliphatic carbocycles. The molecule has 1 nitrogen and oxygen atoms in total. The standard InChI is InChI=1S/C12H6Br2O/c13-8-5-6-10-11(12(8)14)7-3-1-2-4-9(7)15-10/h1-6H. The summed E-state index contributed by atoms with van der Waals surface area (Å²) in [6.07, 6.45) is 0. The second-order valence-corrected chi connectivity index (χ2v) is 4.98. The molecule has 0 saturated heterocycles. The molecule has 0 aliphatic rings. The number of benzene rings is 2. The van der Waals surface area contributed by atoms with Gasteiger partial charge in [0.2, 0.25) is 0 Å². The van der Waals surface area contributed by atoms with Crippen molar-refractivity contribution < 1.29 is 4.42 Å². The lowest BCUT2D eigenvalue weighted by Gasteiger charge is -1.96. The molecule has 2 aromatic carbocycles. The number of para-hydroxylation sites is 1. The number of rotatable bonds is 0. The van der Waals surface area contributed by atoms with Crippen LogP contribution in [0.25, 0.3) is 21.9 Å². The van der Waals surface area contributed by atoms with Crippen molar-refractivity contribution >= 4 is 53.8 Å². The third-order valence-electron chi connectivity index (χ3n) is 2.43. The molecule has 1 heterocycles. The van der Waals surface area contributed by atoms with E-state index < -0.39 is 0 Å². The molecular formula is C12H6Br2O. The van der Waals surface area contributed by atoms with Crippen molar-refractivity contribution in [3.63, 3.8) is 0 Å². The smallest absolute Gasteiger partial charge is 0.136 e. The summed E-state index contributed by atoms with van der Waals surface area (Å²) < 4.78 is 7.83. The number of halogens is 2.